The van der Waals surface area contributed by atoms with Gasteiger partial charge in [-0.1, -0.05) is 54.6 Å². The van der Waals surface area contributed by atoms with Crippen LogP contribution >= 0.6 is 7.26 Å². The van der Waals surface area contributed by atoms with Crippen LogP contribution in [-0.2, 0) is 29.2 Å². The standard InChI is InChI=1S/C30H30O4P.CH4O3S/c1-22-26(28(32)30(34-3)29(33-2)27(22)31)20-13-21-35(23-14-7-4-8-15-23,24-16-9-5-10-17-24)25-18-11-6-12-19-25;1-5(2,3)4/h4-12,14-19H,13,20-21H2,1-3H3;1H3,(H,2,3,4)/q+1;/p-1. The van der Waals surface area contributed by atoms with Crippen molar-refractivity contribution >= 4 is 44.9 Å². The fourth-order valence-electron chi connectivity index (χ4n) is 4.87. The zero-order valence-corrected chi connectivity index (χ0v) is 24.7. The summed E-state index contributed by atoms with van der Waals surface area (Å²) in [5, 5.41) is 3.90. The molecule has 4 rings (SSSR count). The lowest BCUT2D eigenvalue weighted by molar-refractivity contribution is -0.121. The number of carbonyl (C=O) groups excluding carboxylic acids is 2. The molecule has 0 aromatic heterocycles. The van der Waals surface area contributed by atoms with Crippen LogP contribution in [0.25, 0.3) is 0 Å². The number of hydrogen-bond acceptors (Lipinski definition) is 7. The number of rotatable bonds is 9. The minimum absolute atomic E-state index is 0.00617. The molecular weight excluding hydrogens is 547 g/mol. The summed E-state index contributed by atoms with van der Waals surface area (Å²) in [6.45, 7) is 1.70. The van der Waals surface area contributed by atoms with Crippen LogP contribution in [-0.4, -0.2) is 51.2 Å². The van der Waals surface area contributed by atoms with Gasteiger partial charge < -0.3 is 14.0 Å². The van der Waals surface area contributed by atoms with Gasteiger partial charge in [0.1, 0.15) is 23.2 Å². The van der Waals surface area contributed by atoms with Crippen molar-refractivity contribution < 1.29 is 32.0 Å². The Balaban J connectivity index is 0.000000810. The van der Waals surface area contributed by atoms with Gasteiger partial charge in [0.05, 0.1) is 30.5 Å². The quantitative estimate of drug-likeness (QED) is 0.215. The average Bonchev–Trinajstić information content (AvgIpc) is 2.95. The second kappa shape index (κ2) is 13.7. The van der Waals surface area contributed by atoms with Gasteiger partial charge in [0, 0.05) is 17.4 Å². The maximum atomic E-state index is 13.2. The molecule has 1 aliphatic rings. The summed E-state index contributed by atoms with van der Waals surface area (Å²) in [7, 11) is -3.14. The molecule has 0 N–H and O–H groups in total. The van der Waals surface area contributed by atoms with Crippen molar-refractivity contribution in [3.63, 3.8) is 0 Å². The van der Waals surface area contributed by atoms with Crippen LogP contribution in [0.1, 0.15) is 19.8 Å². The Morgan fingerprint density at radius 2 is 1.05 bits per heavy atom. The fraction of sp³-hybridized carbons (Fsp3) is 0.226. The minimum Gasteiger partial charge on any atom is -0.748 e. The van der Waals surface area contributed by atoms with Crippen molar-refractivity contribution in [1.29, 1.82) is 0 Å². The summed E-state index contributed by atoms with van der Waals surface area (Å²) in [5.41, 5.74) is 0.954. The minimum atomic E-state index is -3.92. The van der Waals surface area contributed by atoms with E-state index in [1.54, 1.807) is 6.92 Å². The molecular formula is C31H33O7PS. The molecule has 0 atom stereocenters. The smallest absolute Gasteiger partial charge is 0.228 e. The summed E-state index contributed by atoms with van der Waals surface area (Å²) >= 11 is 0. The predicted octanol–water partition coefficient (Wildman–Crippen LogP) is 3.89. The number of benzene rings is 3. The van der Waals surface area contributed by atoms with E-state index < -0.39 is 17.4 Å². The van der Waals surface area contributed by atoms with E-state index in [0.717, 1.165) is 12.6 Å². The molecule has 0 fully saturated rings. The lowest BCUT2D eigenvalue weighted by Crippen LogP contribution is -2.33. The summed E-state index contributed by atoms with van der Waals surface area (Å²) < 4.78 is 37.7. The fourth-order valence-corrected chi connectivity index (χ4v) is 9.21. The van der Waals surface area contributed by atoms with E-state index in [1.165, 1.54) is 30.1 Å². The van der Waals surface area contributed by atoms with Gasteiger partial charge in [0.25, 0.3) is 0 Å². The Labute approximate surface area is 236 Å². The predicted molar refractivity (Wildman–Crippen MR) is 159 cm³/mol. The van der Waals surface area contributed by atoms with Gasteiger partial charge in [-0.2, -0.15) is 0 Å². The topological polar surface area (TPSA) is 110 Å². The molecule has 0 heterocycles. The normalized spacial score (nSPS) is 14.0. The van der Waals surface area contributed by atoms with E-state index in [2.05, 4.69) is 72.8 Å². The third kappa shape index (κ3) is 7.13. The van der Waals surface area contributed by atoms with Crippen molar-refractivity contribution in [2.75, 3.05) is 26.6 Å². The number of allylic oxidation sites excluding steroid dienone is 2. The van der Waals surface area contributed by atoms with Crippen LogP contribution in [0.5, 0.6) is 0 Å². The van der Waals surface area contributed by atoms with Gasteiger partial charge in [0.15, 0.2) is 0 Å². The largest absolute Gasteiger partial charge is 0.748 e. The van der Waals surface area contributed by atoms with Gasteiger partial charge in [0.2, 0.25) is 23.1 Å². The first-order valence-corrected chi connectivity index (χ1v) is 16.4. The van der Waals surface area contributed by atoms with Gasteiger partial charge in [-0.3, -0.25) is 9.59 Å². The molecule has 0 aliphatic heterocycles. The van der Waals surface area contributed by atoms with Crippen LogP contribution in [0.4, 0.5) is 0 Å². The van der Waals surface area contributed by atoms with E-state index in [0.29, 0.717) is 23.8 Å². The Morgan fingerprint density at radius 1 is 0.700 bits per heavy atom. The first-order valence-electron chi connectivity index (χ1n) is 12.6. The van der Waals surface area contributed by atoms with Crippen molar-refractivity contribution in [2.45, 2.75) is 19.8 Å². The lowest BCUT2D eigenvalue weighted by atomic mass is 9.90. The van der Waals surface area contributed by atoms with E-state index in [4.69, 9.17) is 22.4 Å². The monoisotopic (exact) mass is 580 g/mol. The molecule has 0 saturated heterocycles. The summed E-state index contributed by atoms with van der Waals surface area (Å²) in [6.07, 6.45) is 2.71. The highest BCUT2D eigenvalue weighted by Crippen LogP contribution is 2.56. The summed E-state index contributed by atoms with van der Waals surface area (Å²) in [4.78, 5) is 26.0. The number of hydrogen-bond donors (Lipinski definition) is 0. The summed E-state index contributed by atoms with van der Waals surface area (Å²) in [6, 6.07) is 31.9. The highest BCUT2D eigenvalue weighted by molar-refractivity contribution is 7.95. The van der Waals surface area contributed by atoms with Gasteiger partial charge in [-0.25, -0.2) is 8.42 Å². The second-order valence-corrected chi connectivity index (χ2v) is 14.2. The van der Waals surface area contributed by atoms with Gasteiger partial charge >= 0.3 is 0 Å². The first kappa shape index (κ1) is 31.0. The maximum absolute atomic E-state index is 13.2. The van der Waals surface area contributed by atoms with Gasteiger partial charge in [-0.05, 0) is 56.2 Å². The Kier molecular flexibility index (Phi) is 10.6. The van der Waals surface area contributed by atoms with Crippen LogP contribution in [0.15, 0.2) is 114 Å². The van der Waals surface area contributed by atoms with Crippen molar-refractivity contribution in [1.82, 2.24) is 0 Å². The van der Waals surface area contributed by atoms with Crippen molar-refractivity contribution in [3.05, 3.63) is 114 Å². The Morgan fingerprint density at radius 3 is 1.40 bits per heavy atom. The molecule has 0 spiro atoms. The molecule has 7 nitrogen and oxygen atoms in total. The molecule has 1 aliphatic carbocycles. The molecule has 0 bridgehead atoms. The van der Waals surface area contributed by atoms with E-state index in [1.807, 2.05) is 18.2 Å². The lowest BCUT2D eigenvalue weighted by Gasteiger charge is -2.28. The van der Waals surface area contributed by atoms with Crippen molar-refractivity contribution in [3.8, 4) is 0 Å². The van der Waals surface area contributed by atoms with E-state index in [-0.39, 0.29) is 23.1 Å². The Hall–Kier alpha value is -3.58. The van der Waals surface area contributed by atoms with Crippen molar-refractivity contribution in [2.24, 2.45) is 0 Å². The molecule has 0 saturated carbocycles. The molecule has 40 heavy (non-hydrogen) atoms. The van der Waals surface area contributed by atoms with Crippen LogP contribution in [0.2, 0.25) is 0 Å². The Bertz CT molecular complexity index is 1390. The van der Waals surface area contributed by atoms with Crippen LogP contribution < -0.4 is 15.9 Å². The molecule has 3 aromatic carbocycles. The number of methoxy groups -OCH3 is 2. The number of Topliss-reactive ketones (excluding diaryl/α,β-unsaturated/α-hetero) is 2. The number of ketones is 2. The highest BCUT2D eigenvalue weighted by atomic mass is 32.2. The third-order valence-electron chi connectivity index (χ3n) is 6.61. The third-order valence-corrected chi connectivity index (χ3v) is 11.1. The SMILES string of the molecule is COC1=C(OC)C(=O)C(CCC[P+](c2ccccc2)(c2ccccc2)c2ccccc2)=C(C)C1=O.CS(=O)(=O)[O-]. The molecule has 0 amide bonds. The first-order chi connectivity index (χ1) is 19.0. The van der Waals surface area contributed by atoms with Crippen LogP contribution in [0, 0.1) is 0 Å². The molecule has 0 unspecified atom stereocenters. The van der Waals surface area contributed by atoms with E-state index >= 15 is 0 Å². The molecule has 0 radical (unpaired) electrons. The molecule has 9 heteroatoms. The average molecular weight is 581 g/mol. The number of carbonyl (C=O) groups is 2. The highest BCUT2D eigenvalue weighted by Gasteiger charge is 2.45. The second-order valence-electron chi connectivity index (χ2n) is 9.18. The zero-order valence-electron chi connectivity index (χ0n) is 23.0. The molecule has 210 valence electrons. The zero-order chi connectivity index (χ0) is 29.3. The molecule has 3 aromatic rings. The van der Waals surface area contributed by atoms with Gasteiger partial charge in [-0.15, -0.1) is 0 Å². The summed E-state index contributed by atoms with van der Waals surface area (Å²) in [5.74, 6) is -0.564. The van der Waals surface area contributed by atoms with Crippen LogP contribution in [0.3, 0.4) is 0 Å². The number of ether oxygens (including phenoxy) is 2. The van der Waals surface area contributed by atoms with E-state index in [9.17, 15) is 9.59 Å². The maximum Gasteiger partial charge on any atom is 0.228 e.